The van der Waals surface area contributed by atoms with Crippen LogP contribution in [0.25, 0.3) is 0 Å². The fourth-order valence-corrected chi connectivity index (χ4v) is 4.65. The Labute approximate surface area is 233 Å². The second-order valence-corrected chi connectivity index (χ2v) is 10.7. The molecule has 0 unspecified atom stereocenters. The van der Waals surface area contributed by atoms with Crippen LogP contribution in [-0.2, 0) is 25.0 Å². The minimum absolute atomic E-state index is 0.187. The summed E-state index contributed by atoms with van der Waals surface area (Å²) in [7, 11) is 0. The van der Waals surface area contributed by atoms with Gasteiger partial charge in [-0.1, -0.05) is 49.2 Å². The van der Waals surface area contributed by atoms with Gasteiger partial charge in [-0.05, 0) is 66.3 Å². The maximum atomic E-state index is 10.8. The predicted molar refractivity (Wildman–Crippen MR) is 145 cm³/mol. The van der Waals surface area contributed by atoms with Crippen LogP contribution < -0.4 is 18.9 Å². The Morgan fingerprint density at radius 2 is 1.39 bits per heavy atom. The molecular formula is C30H32Cl2N2O4+2. The van der Waals surface area contributed by atoms with Crippen molar-refractivity contribution in [1.82, 2.24) is 0 Å². The Morgan fingerprint density at radius 1 is 0.763 bits per heavy atom. The van der Waals surface area contributed by atoms with Gasteiger partial charge in [-0.2, -0.15) is 0 Å². The number of hydrogen-bond donors (Lipinski definition) is 2. The van der Waals surface area contributed by atoms with E-state index in [9.17, 15) is 10.4 Å². The quantitative estimate of drug-likeness (QED) is 0.175. The van der Waals surface area contributed by atoms with Gasteiger partial charge in [-0.25, -0.2) is 0 Å². The van der Waals surface area contributed by atoms with Crippen molar-refractivity contribution in [3.63, 3.8) is 0 Å². The summed E-state index contributed by atoms with van der Waals surface area (Å²) in [6.45, 7) is 6.63. The molecule has 6 nitrogen and oxygen atoms in total. The third kappa shape index (κ3) is 6.69. The largest absolute Gasteiger partial charge is 0.481 e. The molecule has 0 saturated heterocycles. The summed E-state index contributed by atoms with van der Waals surface area (Å²) in [4.78, 5) is 0. The van der Waals surface area contributed by atoms with Crippen LogP contribution in [0.15, 0.2) is 79.0 Å². The minimum Gasteiger partial charge on any atom is -0.481 e. The number of halogens is 2. The molecule has 2 aromatic heterocycles. The van der Waals surface area contributed by atoms with Gasteiger partial charge in [0, 0.05) is 40.1 Å². The fourth-order valence-electron chi connectivity index (χ4n) is 4.13. The molecule has 2 heterocycles. The fraction of sp³-hybridized carbons (Fsp3) is 0.267. The molecule has 38 heavy (non-hydrogen) atoms. The first-order chi connectivity index (χ1) is 18.1. The molecule has 2 N–H and O–H groups in total. The molecule has 2 aromatic carbocycles. The van der Waals surface area contributed by atoms with Crippen LogP contribution in [-0.4, -0.2) is 10.4 Å². The Kier molecular flexibility index (Phi) is 8.65. The van der Waals surface area contributed by atoms with Crippen LogP contribution in [0, 0.1) is 6.92 Å². The minimum atomic E-state index is -0.218. The van der Waals surface area contributed by atoms with Gasteiger partial charge in [-0.15, -0.1) is 0 Å². The molecular weight excluding hydrogens is 523 g/mol. The van der Waals surface area contributed by atoms with E-state index in [1.807, 2.05) is 67.6 Å². The molecule has 0 amide bonds. The van der Waals surface area contributed by atoms with Crippen LogP contribution in [0.3, 0.4) is 0 Å². The summed E-state index contributed by atoms with van der Waals surface area (Å²) in [6.07, 6.45) is 2.96. The van der Waals surface area contributed by atoms with Crippen molar-refractivity contribution >= 4 is 23.2 Å². The lowest BCUT2D eigenvalue weighted by molar-refractivity contribution is -0.915. The average Bonchev–Trinajstić information content (AvgIpc) is 2.88. The van der Waals surface area contributed by atoms with Crippen molar-refractivity contribution < 1.29 is 29.3 Å². The highest BCUT2D eigenvalue weighted by atomic mass is 35.5. The van der Waals surface area contributed by atoms with E-state index in [0.29, 0.717) is 39.4 Å². The van der Waals surface area contributed by atoms with Crippen LogP contribution in [0.4, 0.5) is 0 Å². The van der Waals surface area contributed by atoms with Crippen molar-refractivity contribution in [3.05, 3.63) is 117 Å². The second kappa shape index (κ2) is 11.9. The summed E-state index contributed by atoms with van der Waals surface area (Å²) in [5.41, 5.74) is 3.92. The summed E-state index contributed by atoms with van der Waals surface area (Å²) < 4.78 is 13.9. The van der Waals surface area contributed by atoms with E-state index in [4.69, 9.17) is 32.7 Å². The van der Waals surface area contributed by atoms with Gasteiger partial charge in [0.15, 0.2) is 13.2 Å². The molecule has 0 aliphatic heterocycles. The summed E-state index contributed by atoms with van der Waals surface area (Å²) in [6, 6.07) is 22.4. The zero-order valence-corrected chi connectivity index (χ0v) is 23.2. The highest BCUT2D eigenvalue weighted by Crippen LogP contribution is 2.34. The van der Waals surface area contributed by atoms with Crippen LogP contribution in [0.1, 0.15) is 48.5 Å². The van der Waals surface area contributed by atoms with Crippen LogP contribution in [0.2, 0.25) is 10.0 Å². The van der Waals surface area contributed by atoms with Crippen LogP contribution in [0.5, 0.6) is 11.5 Å². The van der Waals surface area contributed by atoms with Crippen molar-refractivity contribution in [1.29, 1.82) is 0 Å². The van der Waals surface area contributed by atoms with Gasteiger partial charge in [-0.3, -0.25) is 10.4 Å². The molecule has 0 atom stereocenters. The summed E-state index contributed by atoms with van der Waals surface area (Å²) in [5, 5.41) is 21.8. The maximum Gasteiger partial charge on any atom is 0.271 e. The average molecular weight is 556 g/mol. The molecule has 198 valence electrons. The third-order valence-corrected chi connectivity index (χ3v) is 7.19. The zero-order valence-electron chi connectivity index (χ0n) is 21.7. The Hall–Kier alpha value is -3.48. The molecule has 4 aromatic rings. The van der Waals surface area contributed by atoms with Crippen molar-refractivity contribution in [2.24, 2.45) is 0 Å². The molecule has 0 saturated carbocycles. The lowest BCUT2D eigenvalue weighted by atomic mass is 9.80. The molecule has 0 bridgehead atoms. The van der Waals surface area contributed by atoms with E-state index < -0.39 is 0 Å². The number of hydrogen-bond acceptors (Lipinski definition) is 4. The Balaban J connectivity index is 1.39. The summed E-state index contributed by atoms with van der Waals surface area (Å²) in [5.74, 6) is 1.12. The van der Waals surface area contributed by atoms with Gasteiger partial charge in [0.25, 0.3) is 11.4 Å². The van der Waals surface area contributed by atoms with Crippen LogP contribution >= 0.6 is 23.2 Å². The standard InChI is InChI=1S/C30H32Cl2N2O4/c1-21-10-12-28(26(31)17-21)38-20-25-9-6-8-23(34(25)36)14-15-30(2,3)22-11-13-29(27(32)18-22)37-19-24-7-4-5-16-33(24)35/h4-13,16-18,35-36H,14-15,19-20H2,1-3H3/q+2. The molecule has 0 fully saturated rings. The molecule has 8 heteroatoms. The number of benzene rings is 2. The lowest BCUT2D eigenvalue weighted by Crippen LogP contribution is -2.41. The molecule has 0 radical (unpaired) electrons. The van der Waals surface area contributed by atoms with E-state index in [1.54, 1.807) is 18.3 Å². The maximum absolute atomic E-state index is 10.8. The SMILES string of the molecule is Cc1ccc(OCc2cccc(CCC(C)(C)c3ccc(OCc4cccc[n+]4O)c(Cl)c3)[n+]2O)c(Cl)c1. The number of aromatic nitrogens is 2. The monoisotopic (exact) mass is 554 g/mol. The number of aryl methyl sites for hydroxylation is 2. The van der Waals surface area contributed by atoms with Gasteiger partial charge in [0.05, 0.1) is 10.0 Å². The van der Waals surface area contributed by atoms with E-state index in [1.165, 1.54) is 4.73 Å². The topological polar surface area (TPSA) is 66.7 Å². The van der Waals surface area contributed by atoms with Gasteiger partial charge < -0.3 is 9.47 Å². The first-order valence-corrected chi connectivity index (χ1v) is 13.1. The van der Waals surface area contributed by atoms with Crippen molar-refractivity contribution in [2.75, 3.05) is 0 Å². The Bertz CT molecular complexity index is 1430. The summed E-state index contributed by atoms with van der Waals surface area (Å²) >= 11 is 12.8. The smallest absolute Gasteiger partial charge is 0.271 e. The highest BCUT2D eigenvalue weighted by Gasteiger charge is 2.25. The normalized spacial score (nSPS) is 11.4. The van der Waals surface area contributed by atoms with Gasteiger partial charge in [0.2, 0.25) is 11.9 Å². The number of rotatable bonds is 10. The molecule has 0 aliphatic rings. The third-order valence-electron chi connectivity index (χ3n) is 6.60. The predicted octanol–water partition coefficient (Wildman–Crippen LogP) is 6.42. The van der Waals surface area contributed by atoms with E-state index in [2.05, 4.69) is 13.8 Å². The second-order valence-electron chi connectivity index (χ2n) is 9.90. The van der Waals surface area contributed by atoms with E-state index >= 15 is 0 Å². The van der Waals surface area contributed by atoms with Crippen molar-refractivity contribution in [3.8, 4) is 11.5 Å². The molecule has 4 rings (SSSR count). The van der Waals surface area contributed by atoms with E-state index in [-0.39, 0.29) is 18.6 Å². The lowest BCUT2D eigenvalue weighted by Gasteiger charge is -2.25. The Morgan fingerprint density at radius 3 is 2.08 bits per heavy atom. The van der Waals surface area contributed by atoms with E-state index in [0.717, 1.165) is 28.0 Å². The molecule has 0 spiro atoms. The number of pyridine rings is 2. The van der Waals surface area contributed by atoms with Crippen molar-refractivity contribution in [2.45, 2.75) is 52.2 Å². The zero-order chi connectivity index (χ0) is 27.3. The van der Waals surface area contributed by atoms with Gasteiger partial charge >= 0.3 is 0 Å². The highest BCUT2D eigenvalue weighted by molar-refractivity contribution is 6.32. The molecule has 0 aliphatic carbocycles. The number of ether oxygens (including phenoxy) is 2. The number of nitrogens with zero attached hydrogens (tertiary/aromatic N) is 2. The van der Waals surface area contributed by atoms with Gasteiger partial charge in [0.1, 0.15) is 11.5 Å². The first-order valence-electron chi connectivity index (χ1n) is 12.4. The first kappa shape index (κ1) is 27.6.